The highest BCUT2D eigenvalue weighted by Crippen LogP contribution is 2.18. The standard InChI is InChI=1S/C18H26N2O3/c1-3-23-18(22)15-8-10-20(11-9-15)13-17(21)19-12-16-7-5-4-6-14(16)2/h4-7,15H,3,8-13H2,1-2H3,(H,19,21). The van der Waals surface area contributed by atoms with Gasteiger partial charge in [0.25, 0.3) is 0 Å². The lowest BCUT2D eigenvalue weighted by Crippen LogP contribution is -2.42. The molecule has 5 heteroatoms. The first-order chi connectivity index (χ1) is 11.1. The van der Waals surface area contributed by atoms with Crippen molar-refractivity contribution in [3.05, 3.63) is 35.4 Å². The third-order valence-electron chi connectivity index (χ3n) is 4.31. The van der Waals surface area contributed by atoms with Crippen molar-refractivity contribution < 1.29 is 14.3 Å². The van der Waals surface area contributed by atoms with Crippen molar-refractivity contribution in [3.8, 4) is 0 Å². The molecular weight excluding hydrogens is 292 g/mol. The maximum absolute atomic E-state index is 12.1. The van der Waals surface area contributed by atoms with Gasteiger partial charge in [0.2, 0.25) is 5.91 Å². The predicted molar refractivity (Wildman–Crippen MR) is 88.8 cm³/mol. The summed E-state index contributed by atoms with van der Waals surface area (Å²) in [7, 11) is 0. The van der Waals surface area contributed by atoms with E-state index in [0.717, 1.165) is 31.5 Å². The summed E-state index contributed by atoms with van der Waals surface area (Å²) in [6.45, 7) is 6.78. The molecule has 1 aromatic carbocycles. The molecule has 1 aliphatic heterocycles. The number of hydrogen-bond acceptors (Lipinski definition) is 4. The number of piperidine rings is 1. The van der Waals surface area contributed by atoms with E-state index in [1.807, 2.05) is 38.1 Å². The molecule has 1 aliphatic rings. The lowest BCUT2D eigenvalue weighted by Gasteiger charge is -2.30. The summed E-state index contributed by atoms with van der Waals surface area (Å²) >= 11 is 0. The summed E-state index contributed by atoms with van der Waals surface area (Å²) in [4.78, 5) is 25.9. The number of nitrogens with zero attached hydrogens (tertiary/aromatic N) is 1. The van der Waals surface area contributed by atoms with E-state index in [9.17, 15) is 9.59 Å². The number of ether oxygens (including phenoxy) is 1. The molecule has 0 saturated carbocycles. The fraction of sp³-hybridized carbons (Fsp3) is 0.556. The number of rotatable bonds is 6. The first kappa shape index (κ1) is 17.5. The summed E-state index contributed by atoms with van der Waals surface area (Å²) in [5.41, 5.74) is 2.32. The highest BCUT2D eigenvalue weighted by Gasteiger charge is 2.26. The van der Waals surface area contributed by atoms with E-state index in [1.165, 1.54) is 5.56 Å². The van der Waals surface area contributed by atoms with Crippen molar-refractivity contribution in [2.75, 3.05) is 26.2 Å². The minimum Gasteiger partial charge on any atom is -0.466 e. The van der Waals surface area contributed by atoms with Gasteiger partial charge in [0.15, 0.2) is 0 Å². The van der Waals surface area contributed by atoms with E-state index in [-0.39, 0.29) is 17.8 Å². The van der Waals surface area contributed by atoms with Gasteiger partial charge in [-0.1, -0.05) is 24.3 Å². The van der Waals surface area contributed by atoms with Gasteiger partial charge in [-0.3, -0.25) is 14.5 Å². The molecule has 1 N–H and O–H groups in total. The maximum Gasteiger partial charge on any atom is 0.309 e. The Morgan fingerprint density at radius 2 is 1.96 bits per heavy atom. The third-order valence-corrected chi connectivity index (χ3v) is 4.31. The molecular formula is C18H26N2O3. The van der Waals surface area contributed by atoms with Gasteiger partial charge >= 0.3 is 5.97 Å². The van der Waals surface area contributed by atoms with Gasteiger partial charge in [-0.25, -0.2) is 0 Å². The normalized spacial score (nSPS) is 16.1. The summed E-state index contributed by atoms with van der Waals surface area (Å²) in [6.07, 6.45) is 1.54. The molecule has 126 valence electrons. The second-order valence-electron chi connectivity index (χ2n) is 6.01. The number of carbonyl (C=O) groups excluding carboxylic acids is 2. The molecule has 0 atom stereocenters. The van der Waals surface area contributed by atoms with Crippen LogP contribution in [0.15, 0.2) is 24.3 Å². The number of hydrogen-bond donors (Lipinski definition) is 1. The van der Waals surface area contributed by atoms with Crippen LogP contribution in [0.2, 0.25) is 0 Å². The average Bonchev–Trinajstić information content (AvgIpc) is 2.55. The van der Waals surface area contributed by atoms with Crippen molar-refractivity contribution in [2.24, 2.45) is 5.92 Å². The molecule has 2 rings (SSSR count). The fourth-order valence-corrected chi connectivity index (χ4v) is 2.85. The Morgan fingerprint density at radius 3 is 2.61 bits per heavy atom. The number of aryl methyl sites for hydroxylation is 1. The summed E-state index contributed by atoms with van der Waals surface area (Å²) in [5, 5.41) is 2.97. The number of esters is 1. The van der Waals surface area contributed by atoms with Crippen LogP contribution in [0.5, 0.6) is 0 Å². The van der Waals surface area contributed by atoms with Crippen LogP contribution in [-0.4, -0.2) is 43.0 Å². The highest BCUT2D eigenvalue weighted by molar-refractivity contribution is 5.78. The zero-order valence-electron chi connectivity index (χ0n) is 14.0. The summed E-state index contributed by atoms with van der Waals surface area (Å²) in [6, 6.07) is 8.05. The molecule has 1 fully saturated rings. The third kappa shape index (κ3) is 5.36. The zero-order chi connectivity index (χ0) is 16.7. The van der Waals surface area contributed by atoms with E-state index in [2.05, 4.69) is 10.2 Å². The number of likely N-dealkylation sites (tertiary alicyclic amines) is 1. The second kappa shape index (κ2) is 8.67. The van der Waals surface area contributed by atoms with Crippen molar-refractivity contribution in [2.45, 2.75) is 33.2 Å². The van der Waals surface area contributed by atoms with Gasteiger partial charge in [-0.05, 0) is 50.9 Å². The Hall–Kier alpha value is -1.88. The highest BCUT2D eigenvalue weighted by atomic mass is 16.5. The summed E-state index contributed by atoms with van der Waals surface area (Å²) < 4.78 is 5.06. The summed E-state index contributed by atoms with van der Waals surface area (Å²) in [5.74, 6) is -0.0831. The largest absolute Gasteiger partial charge is 0.466 e. The van der Waals surface area contributed by atoms with Gasteiger partial charge in [-0.15, -0.1) is 0 Å². The molecule has 1 amide bonds. The first-order valence-corrected chi connectivity index (χ1v) is 8.30. The maximum atomic E-state index is 12.1. The monoisotopic (exact) mass is 318 g/mol. The predicted octanol–water partition coefficient (Wildman–Crippen LogP) is 1.89. The molecule has 0 aliphatic carbocycles. The molecule has 1 saturated heterocycles. The number of carbonyl (C=O) groups is 2. The topological polar surface area (TPSA) is 58.6 Å². The Kier molecular flexibility index (Phi) is 6.59. The molecule has 5 nitrogen and oxygen atoms in total. The van der Waals surface area contributed by atoms with Crippen LogP contribution >= 0.6 is 0 Å². The van der Waals surface area contributed by atoms with Crippen LogP contribution in [0.25, 0.3) is 0 Å². The molecule has 0 aromatic heterocycles. The number of nitrogens with one attached hydrogen (secondary N) is 1. The van der Waals surface area contributed by atoms with Crippen LogP contribution < -0.4 is 5.32 Å². The zero-order valence-corrected chi connectivity index (χ0v) is 14.0. The van der Waals surface area contributed by atoms with E-state index in [0.29, 0.717) is 19.7 Å². The van der Waals surface area contributed by atoms with E-state index >= 15 is 0 Å². The van der Waals surface area contributed by atoms with E-state index in [1.54, 1.807) is 0 Å². The number of amides is 1. The van der Waals surface area contributed by atoms with Crippen LogP contribution in [0, 0.1) is 12.8 Å². The van der Waals surface area contributed by atoms with Gasteiger partial charge in [0, 0.05) is 6.54 Å². The molecule has 0 unspecified atom stereocenters. The van der Waals surface area contributed by atoms with Gasteiger partial charge in [-0.2, -0.15) is 0 Å². The molecule has 0 bridgehead atoms. The van der Waals surface area contributed by atoms with E-state index in [4.69, 9.17) is 4.74 Å². The lowest BCUT2D eigenvalue weighted by atomic mass is 9.97. The minimum atomic E-state index is -0.101. The molecule has 1 aromatic rings. The van der Waals surface area contributed by atoms with Crippen LogP contribution in [0.4, 0.5) is 0 Å². The molecule has 23 heavy (non-hydrogen) atoms. The Bertz CT molecular complexity index is 537. The van der Waals surface area contributed by atoms with Crippen molar-refractivity contribution in [1.29, 1.82) is 0 Å². The molecule has 1 heterocycles. The Labute approximate surface area is 138 Å². The lowest BCUT2D eigenvalue weighted by molar-refractivity contribution is -0.149. The first-order valence-electron chi connectivity index (χ1n) is 8.30. The van der Waals surface area contributed by atoms with E-state index < -0.39 is 0 Å². The van der Waals surface area contributed by atoms with Gasteiger partial charge < -0.3 is 10.1 Å². The Balaban J connectivity index is 1.71. The quantitative estimate of drug-likeness (QED) is 0.814. The Morgan fingerprint density at radius 1 is 1.26 bits per heavy atom. The molecule has 0 radical (unpaired) electrons. The van der Waals surface area contributed by atoms with Crippen LogP contribution in [0.1, 0.15) is 30.9 Å². The van der Waals surface area contributed by atoms with Crippen LogP contribution in [0.3, 0.4) is 0 Å². The average molecular weight is 318 g/mol. The van der Waals surface area contributed by atoms with Crippen molar-refractivity contribution in [3.63, 3.8) is 0 Å². The van der Waals surface area contributed by atoms with Gasteiger partial charge in [0.05, 0.1) is 19.1 Å². The SMILES string of the molecule is CCOC(=O)C1CCN(CC(=O)NCc2ccccc2C)CC1. The molecule has 0 spiro atoms. The minimum absolute atomic E-state index is 0.0128. The smallest absolute Gasteiger partial charge is 0.309 e. The number of benzene rings is 1. The van der Waals surface area contributed by atoms with Gasteiger partial charge in [0.1, 0.15) is 0 Å². The van der Waals surface area contributed by atoms with Crippen LogP contribution in [-0.2, 0) is 20.9 Å². The van der Waals surface area contributed by atoms with Crippen molar-refractivity contribution >= 4 is 11.9 Å². The fourth-order valence-electron chi connectivity index (χ4n) is 2.85. The van der Waals surface area contributed by atoms with Crippen molar-refractivity contribution in [1.82, 2.24) is 10.2 Å². The second-order valence-corrected chi connectivity index (χ2v) is 6.01.